The molecule has 1 aromatic rings. The van der Waals surface area contributed by atoms with Crippen molar-refractivity contribution in [3.63, 3.8) is 0 Å². The van der Waals surface area contributed by atoms with E-state index in [0.717, 1.165) is 17.7 Å². The lowest BCUT2D eigenvalue weighted by atomic mass is 10.0. The molecule has 6 heteroatoms. The fraction of sp³-hybridized carbons (Fsp3) is 0.533. The molecule has 1 aromatic carbocycles. The van der Waals surface area contributed by atoms with Crippen LogP contribution in [0.15, 0.2) is 24.3 Å². The summed E-state index contributed by atoms with van der Waals surface area (Å²) >= 11 is 0. The topological polar surface area (TPSA) is 67.4 Å². The molecule has 118 valence electrons. The van der Waals surface area contributed by atoms with Gasteiger partial charge in [-0.05, 0) is 19.4 Å². The van der Waals surface area contributed by atoms with E-state index in [2.05, 4.69) is 10.6 Å². The highest BCUT2D eigenvalue weighted by Crippen LogP contribution is 2.27. The summed E-state index contributed by atoms with van der Waals surface area (Å²) < 4.78 is 16.6. The zero-order valence-corrected chi connectivity index (χ0v) is 13.7. The molecule has 0 aliphatic rings. The summed E-state index contributed by atoms with van der Waals surface area (Å²) in [6.45, 7) is 4.93. The van der Waals surface area contributed by atoms with Crippen LogP contribution in [0.5, 0.6) is 5.75 Å². The number of benzene rings is 1. The van der Waals surface area contributed by atoms with Crippen LogP contribution in [0.2, 0.25) is 0 Å². The molecule has 0 saturated heterocycles. The molecule has 2 amide bonds. The fourth-order valence-corrected chi connectivity index (χ4v) is 2.36. The SMILES string of the molecule is CCOc1ccccc1[C@@H](CC)NC(=O)NCC[S@@](C)=O. The quantitative estimate of drug-likeness (QED) is 0.773. The van der Waals surface area contributed by atoms with Crippen molar-refractivity contribution in [1.29, 1.82) is 0 Å². The van der Waals surface area contributed by atoms with Gasteiger partial charge in [-0.25, -0.2) is 4.79 Å². The van der Waals surface area contributed by atoms with Gasteiger partial charge in [0, 0.05) is 34.9 Å². The van der Waals surface area contributed by atoms with E-state index >= 15 is 0 Å². The Balaban J connectivity index is 2.66. The van der Waals surface area contributed by atoms with E-state index in [0.29, 0.717) is 18.9 Å². The molecule has 1 rings (SSSR count). The van der Waals surface area contributed by atoms with Gasteiger partial charge in [-0.15, -0.1) is 0 Å². The normalized spacial score (nSPS) is 13.3. The summed E-state index contributed by atoms with van der Waals surface area (Å²) in [7, 11) is -0.901. The number of rotatable bonds is 8. The summed E-state index contributed by atoms with van der Waals surface area (Å²) in [6, 6.07) is 7.35. The molecule has 0 fully saturated rings. The number of ether oxygens (including phenoxy) is 1. The minimum atomic E-state index is -0.901. The lowest BCUT2D eigenvalue weighted by Crippen LogP contribution is -2.39. The average Bonchev–Trinajstić information content (AvgIpc) is 2.45. The van der Waals surface area contributed by atoms with Crippen molar-refractivity contribution in [2.45, 2.75) is 26.3 Å². The molecule has 21 heavy (non-hydrogen) atoms. The van der Waals surface area contributed by atoms with Gasteiger partial charge < -0.3 is 15.4 Å². The van der Waals surface area contributed by atoms with Gasteiger partial charge in [0.2, 0.25) is 0 Å². The third-order valence-corrected chi connectivity index (χ3v) is 3.76. The molecule has 0 saturated carbocycles. The Morgan fingerprint density at radius 3 is 2.67 bits per heavy atom. The number of nitrogens with one attached hydrogen (secondary N) is 2. The number of hydrogen-bond donors (Lipinski definition) is 2. The van der Waals surface area contributed by atoms with Crippen LogP contribution in [0.3, 0.4) is 0 Å². The van der Waals surface area contributed by atoms with Gasteiger partial charge in [0.05, 0.1) is 12.6 Å². The highest BCUT2D eigenvalue weighted by molar-refractivity contribution is 7.84. The van der Waals surface area contributed by atoms with E-state index in [9.17, 15) is 9.00 Å². The van der Waals surface area contributed by atoms with E-state index in [1.807, 2.05) is 38.1 Å². The predicted octanol–water partition coefficient (Wildman–Crippen LogP) is 2.21. The lowest BCUT2D eigenvalue weighted by molar-refractivity contribution is 0.237. The average molecular weight is 312 g/mol. The minimum absolute atomic E-state index is 0.111. The molecule has 5 nitrogen and oxygen atoms in total. The van der Waals surface area contributed by atoms with Crippen molar-refractivity contribution in [2.24, 2.45) is 0 Å². The Hall–Kier alpha value is -1.56. The molecule has 0 aromatic heterocycles. The smallest absolute Gasteiger partial charge is 0.315 e. The maximum atomic E-state index is 11.9. The van der Waals surface area contributed by atoms with Crippen LogP contribution in [0.25, 0.3) is 0 Å². The van der Waals surface area contributed by atoms with E-state index in [4.69, 9.17) is 4.74 Å². The molecule has 0 bridgehead atoms. The number of urea groups is 1. The van der Waals surface area contributed by atoms with Gasteiger partial charge in [0.15, 0.2) is 0 Å². The van der Waals surface area contributed by atoms with Crippen molar-refractivity contribution in [2.75, 3.05) is 25.2 Å². The number of hydrogen-bond acceptors (Lipinski definition) is 3. The molecule has 0 spiro atoms. The fourth-order valence-electron chi connectivity index (χ4n) is 1.97. The summed E-state index contributed by atoms with van der Waals surface area (Å²) in [4.78, 5) is 11.9. The number of carbonyl (C=O) groups is 1. The third kappa shape index (κ3) is 6.16. The van der Waals surface area contributed by atoms with E-state index < -0.39 is 10.8 Å². The maximum absolute atomic E-state index is 11.9. The number of carbonyl (C=O) groups excluding carboxylic acids is 1. The number of para-hydroxylation sites is 1. The second-order valence-electron chi connectivity index (χ2n) is 4.61. The first-order valence-corrected chi connectivity index (χ1v) is 8.87. The minimum Gasteiger partial charge on any atom is -0.494 e. The highest BCUT2D eigenvalue weighted by atomic mass is 32.2. The molecule has 2 N–H and O–H groups in total. The van der Waals surface area contributed by atoms with Gasteiger partial charge >= 0.3 is 6.03 Å². The Morgan fingerprint density at radius 2 is 2.05 bits per heavy atom. The second-order valence-corrected chi connectivity index (χ2v) is 6.16. The third-order valence-electron chi connectivity index (χ3n) is 2.98. The molecule has 0 aliphatic heterocycles. The molecule has 0 unspecified atom stereocenters. The second kappa shape index (κ2) is 9.39. The monoisotopic (exact) mass is 312 g/mol. The van der Waals surface area contributed by atoms with E-state index in [1.54, 1.807) is 6.26 Å². The Kier molecular flexibility index (Phi) is 7.82. The van der Waals surface area contributed by atoms with Crippen molar-refractivity contribution >= 4 is 16.8 Å². The molecular formula is C15H24N2O3S. The Morgan fingerprint density at radius 1 is 1.33 bits per heavy atom. The van der Waals surface area contributed by atoms with Crippen LogP contribution in [0.4, 0.5) is 4.79 Å². The first kappa shape index (κ1) is 17.5. The molecule has 0 radical (unpaired) electrons. The first-order chi connectivity index (χ1) is 10.1. The van der Waals surface area contributed by atoms with Gasteiger partial charge in [-0.3, -0.25) is 4.21 Å². The highest BCUT2D eigenvalue weighted by Gasteiger charge is 2.16. The summed E-state index contributed by atoms with van der Waals surface area (Å²) in [5.41, 5.74) is 0.969. The van der Waals surface area contributed by atoms with Crippen molar-refractivity contribution in [3.8, 4) is 5.75 Å². The van der Waals surface area contributed by atoms with Crippen LogP contribution in [-0.2, 0) is 10.8 Å². The van der Waals surface area contributed by atoms with Crippen LogP contribution in [-0.4, -0.2) is 35.4 Å². The molecule has 0 aliphatic carbocycles. The summed E-state index contributed by atoms with van der Waals surface area (Å²) in [6.07, 6.45) is 2.38. The van der Waals surface area contributed by atoms with Crippen LogP contribution < -0.4 is 15.4 Å². The first-order valence-electron chi connectivity index (χ1n) is 7.14. The maximum Gasteiger partial charge on any atom is 0.315 e. The van der Waals surface area contributed by atoms with Gasteiger partial charge in [0.25, 0.3) is 0 Å². The van der Waals surface area contributed by atoms with Crippen LogP contribution in [0.1, 0.15) is 31.9 Å². The van der Waals surface area contributed by atoms with Gasteiger partial charge in [-0.1, -0.05) is 25.1 Å². The standard InChI is InChI=1S/C15H24N2O3S/c1-4-13(17-15(18)16-10-11-21(3)19)12-8-6-7-9-14(12)20-5-2/h6-9,13H,4-5,10-11H2,1-3H3,(H2,16,17,18)/t13-,21-/m1/s1. The van der Waals surface area contributed by atoms with Crippen molar-refractivity contribution in [1.82, 2.24) is 10.6 Å². The van der Waals surface area contributed by atoms with Gasteiger partial charge in [-0.2, -0.15) is 0 Å². The van der Waals surface area contributed by atoms with Crippen LogP contribution >= 0.6 is 0 Å². The van der Waals surface area contributed by atoms with Crippen LogP contribution in [0, 0.1) is 0 Å². The largest absolute Gasteiger partial charge is 0.494 e. The van der Waals surface area contributed by atoms with Crippen molar-refractivity contribution < 1.29 is 13.7 Å². The summed E-state index contributed by atoms with van der Waals surface area (Å²) in [5, 5.41) is 5.64. The molecule has 0 heterocycles. The van der Waals surface area contributed by atoms with E-state index in [1.165, 1.54) is 0 Å². The lowest BCUT2D eigenvalue weighted by Gasteiger charge is -2.20. The zero-order chi connectivity index (χ0) is 15.7. The predicted molar refractivity (Wildman–Crippen MR) is 86.1 cm³/mol. The number of amides is 2. The van der Waals surface area contributed by atoms with Gasteiger partial charge in [0.1, 0.15) is 5.75 Å². The summed E-state index contributed by atoms with van der Waals surface area (Å²) in [5.74, 6) is 1.25. The molecule has 2 atom stereocenters. The van der Waals surface area contributed by atoms with E-state index in [-0.39, 0.29) is 12.1 Å². The molecular weight excluding hydrogens is 288 g/mol. The Bertz CT molecular complexity index is 480. The Labute approximate surface area is 128 Å². The van der Waals surface area contributed by atoms with Crippen molar-refractivity contribution in [3.05, 3.63) is 29.8 Å². The zero-order valence-electron chi connectivity index (χ0n) is 12.8.